The number of nitrogens with zero attached hydrogens (tertiary/aromatic N) is 1. The Morgan fingerprint density at radius 3 is 2.43 bits per heavy atom. The van der Waals surface area contributed by atoms with Crippen molar-refractivity contribution in [1.29, 1.82) is 0 Å². The Morgan fingerprint density at radius 1 is 1.24 bits per heavy atom. The van der Waals surface area contributed by atoms with Crippen molar-refractivity contribution >= 4 is 15.7 Å². The van der Waals surface area contributed by atoms with E-state index in [4.69, 9.17) is 4.74 Å². The van der Waals surface area contributed by atoms with E-state index in [-0.39, 0.29) is 24.0 Å². The molecule has 0 unspecified atom stereocenters. The summed E-state index contributed by atoms with van der Waals surface area (Å²) in [6.07, 6.45) is 0. The lowest BCUT2D eigenvalue weighted by molar-refractivity contribution is -0.122. The van der Waals surface area contributed by atoms with E-state index < -0.39 is 9.84 Å². The standard InChI is InChI=1S/C14H20N2O4S/c1-20-13-4-2-12(3-5-13)10-15-14(17)11-16-6-8-21(18,19)9-7-16/h2-5H,6-11H2,1H3,(H,15,17). The zero-order valence-corrected chi connectivity index (χ0v) is 12.9. The predicted molar refractivity (Wildman–Crippen MR) is 79.9 cm³/mol. The second-order valence-electron chi connectivity index (χ2n) is 5.05. The second-order valence-corrected chi connectivity index (χ2v) is 7.36. The molecule has 0 bridgehead atoms. The number of hydrogen-bond donors (Lipinski definition) is 1. The molecule has 1 fully saturated rings. The van der Waals surface area contributed by atoms with Crippen molar-refractivity contribution < 1.29 is 17.9 Å². The number of hydrogen-bond acceptors (Lipinski definition) is 5. The van der Waals surface area contributed by atoms with Crippen molar-refractivity contribution in [3.8, 4) is 5.75 Å². The van der Waals surface area contributed by atoms with Crippen LogP contribution in [0.4, 0.5) is 0 Å². The first-order valence-electron chi connectivity index (χ1n) is 6.81. The van der Waals surface area contributed by atoms with E-state index in [1.54, 1.807) is 7.11 Å². The Morgan fingerprint density at radius 2 is 1.86 bits per heavy atom. The third-order valence-corrected chi connectivity index (χ3v) is 5.06. The van der Waals surface area contributed by atoms with E-state index in [9.17, 15) is 13.2 Å². The van der Waals surface area contributed by atoms with Crippen LogP contribution in [0.5, 0.6) is 5.75 Å². The average Bonchev–Trinajstić information content (AvgIpc) is 2.48. The van der Waals surface area contributed by atoms with Crippen LogP contribution in [-0.2, 0) is 21.2 Å². The highest BCUT2D eigenvalue weighted by Crippen LogP contribution is 2.11. The molecule has 2 rings (SSSR count). The molecule has 0 spiro atoms. The minimum Gasteiger partial charge on any atom is -0.497 e. The van der Waals surface area contributed by atoms with Gasteiger partial charge in [0, 0.05) is 19.6 Å². The van der Waals surface area contributed by atoms with Crippen molar-refractivity contribution in [2.75, 3.05) is 38.2 Å². The van der Waals surface area contributed by atoms with E-state index in [0.717, 1.165) is 11.3 Å². The topological polar surface area (TPSA) is 75.7 Å². The number of methoxy groups -OCH3 is 1. The summed E-state index contributed by atoms with van der Waals surface area (Å²) in [5.74, 6) is 0.960. The van der Waals surface area contributed by atoms with Crippen LogP contribution in [-0.4, -0.2) is 57.5 Å². The summed E-state index contributed by atoms with van der Waals surface area (Å²) >= 11 is 0. The smallest absolute Gasteiger partial charge is 0.234 e. The number of benzene rings is 1. The largest absolute Gasteiger partial charge is 0.497 e. The van der Waals surface area contributed by atoms with Gasteiger partial charge in [-0.15, -0.1) is 0 Å². The maximum absolute atomic E-state index is 11.8. The number of carbonyl (C=O) groups is 1. The number of ether oxygens (including phenoxy) is 1. The van der Waals surface area contributed by atoms with Gasteiger partial charge in [-0.3, -0.25) is 9.69 Å². The molecule has 1 aliphatic heterocycles. The molecule has 1 saturated heterocycles. The normalized spacial score (nSPS) is 18.1. The predicted octanol–water partition coefficient (Wildman–Crippen LogP) is 0.0418. The zero-order chi connectivity index (χ0) is 15.3. The van der Waals surface area contributed by atoms with Gasteiger partial charge in [0.2, 0.25) is 5.91 Å². The fraction of sp³-hybridized carbons (Fsp3) is 0.500. The van der Waals surface area contributed by atoms with Crippen molar-refractivity contribution in [2.24, 2.45) is 0 Å². The van der Waals surface area contributed by atoms with E-state index in [1.165, 1.54) is 0 Å². The SMILES string of the molecule is COc1ccc(CNC(=O)CN2CCS(=O)(=O)CC2)cc1. The first-order chi connectivity index (χ1) is 9.98. The van der Waals surface area contributed by atoms with Gasteiger partial charge >= 0.3 is 0 Å². The van der Waals surface area contributed by atoms with Crippen molar-refractivity contribution in [2.45, 2.75) is 6.54 Å². The minimum absolute atomic E-state index is 0.0925. The summed E-state index contributed by atoms with van der Waals surface area (Å²) in [5, 5.41) is 2.83. The molecule has 1 aromatic carbocycles. The maximum atomic E-state index is 11.8. The number of carbonyl (C=O) groups excluding carboxylic acids is 1. The summed E-state index contributed by atoms with van der Waals surface area (Å²) in [6, 6.07) is 7.48. The number of amides is 1. The van der Waals surface area contributed by atoms with Crippen molar-refractivity contribution in [1.82, 2.24) is 10.2 Å². The third kappa shape index (κ3) is 5.02. The minimum atomic E-state index is -2.90. The Kier molecular flexibility index (Phi) is 5.19. The maximum Gasteiger partial charge on any atom is 0.234 e. The summed E-state index contributed by atoms with van der Waals surface area (Å²) < 4.78 is 27.7. The summed E-state index contributed by atoms with van der Waals surface area (Å²) in [5.41, 5.74) is 0.991. The van der Waals surface area contributed by atoms with Crippen LogP contribution < -0.4 is 10.1 Å². The Labute approximate surface area is 125 Å². The molecule has 1 heterocycles. The van der Waals surface area contributed by atoms with Crippen molar-refractivity contribution in [3.63, 3.8) is 0 Å². The Balaban J connectivity index is 1.74. The van der Waals surface area contributed by atoms with Crippen LogP contribution in [0, 0.1) is 0 Å². The molecule has 116 valence electrons. The molecular formula is C14H20N2O4S. The molecule has 1 aliphatic rings. The van der Waals surface area contributed by atoms with Crippen LogP contribution in [0.2, 0.25) is 0 Å². The van der Waals surface area contributed by atoms with Gasteiger partial charge in [0.1, 0.15) is 5.75 Å². The van der Waals surface area contributed by atoms with Gasteiger partial charge in [0.25, 0.3) is 0 Å². The molecule has 0 saturated carbocycles. The molecule has 0 atom stereocenters. The highest BCUT2D eigenvalue weighted by Gasteiger charge is 2.22. The Hall–Kier alpha value is -1.60. The molecule has 0 radical (unpaired) electrons. The fourth-order valence-corrected chi connectivity index (χ4v) is 3.39. The van der Waals surface area contributed by atoms with Crippen molar-refractivity contribution in [3.05, 3.63) is 29.8 Å². The highest BCUT2D eigenvalue weighted by molar-refractivity contribution is 7.91. The fourth-order valence-electron chi connectivity index (χ4n) is 2.11. The molecule has 1 amide bonds. The lowest BCUT2D eigenvalue weighted by Crippen LogP contribution is -2.45. The lowest BCUT2D eigenvalue weighted by Gasteiger charge is -2.25. The molecule has 6 nitrogen and oxygen atoms in total. The van der Waals surface area contributed by atoms with Crippen LogP contribution in [0.25, 0.3) is 0 Å². The molecular weight excluding hydrogens is 292 g/mol. The third-order valence-electron chi connectivity index (χ3n) is 3.45. The van der Waals surface area contributed by atoms with Gasteiger partial charge in [-0.2, -0.15) is 0 Å². The van der Waals surface area contributed by atoms with Gasteiger partial charge in [-0.05, 0) is 17.7 Å². The number of rotatable bonds is 5. The van der Waals surface area contributed by atoms with Gasteiger partial charge in [0.15, 0.2) is 9.84 Å². The molecule has 0 aromatic heterocycles. The van der Waals surface area contributed by atoms with Crippen LogP contribution in [0.15, 0.2) is 24.3 Å². The number of nitrogens with one attached hydrogen (secondary N) is 1. The van der Waals surface area contributed by atoms with E-state index in [0.29, 0.717) is 19.6 Å². The molecule has 7 heteroatoms. The van der Waals surface area contributed by atoms with Crippen LogP contribution in [0.3, 0.4) is 0 Å². The summed E-state index contributed by atoms with van der Waals surface area (Å²) in [7, 11) is -1.29. The quantitative estimate of drug-likeness (QED) is 0.831. The van der Waals surface area contributed by atoms with Gasteiger partial charge in [-0.25, -0.2) is 8.42 Å². The van der Waals surface area contributed by atoms with Crippen LogP contribution >= 0.6 is 0 Å². The monoisotopic (exact) mass is 312 g/mol. The summed E-state index contributed by atoms with van der Waals surface area (Å²) in [6.45, 7) is 1.55. The van der Waals surface area contributed by atoms with E-state index in [2.05, 4.69) is 5.32 Å². The number of sulfone groups is 1. The first-order valence-corrected chi connectivity index (χ1v) is 8.63. The van der Waals surface area contributed by atoms with Gasteiger partial charge < -0.3 is 10.1 Å². The molecule has 0 aliphatic carbocycles. The first kappa shape index (κ1) is 15.8. The average molecular weight is 312 g/mol. The molecule has 1 N–H and O–H groups in total. The molecule has 1 aromatic rings. The summed E-state index contributed by atoms with van der Waals surface area (Å²) in [4.78, 5) is 13.7. The molecule has 21 heavy (non-hydrogen) atoms. The highest BCUT2D eigenvalue weighted by atomic mass is 32.2. The van der Waals surface area contributed by atoms with Crippen LogP contribution in [0.1, 0.15) is 5.56 Å². The van der Waals surface area contributed by atoms with E-state index >= 15 is 0 Å². The lowest BCUT2D eigenvalue weighted by atomic mass is 10.2. The Bertz CT molecular complexity index is 569. The van der Waals surface area contributed by atoms with Gasteiger partial charge in [-0.1, -0.05) is 12.1 Å². The zero-order valence-electron chi connectivity index (χ0n) is 12.0. The van der Waals surface area contributed by atoms with E-state index in [1.807, 2.05) is 29.2 Å². The second kappa shape index (κ2) is 6.91. The van der Waals surface area contributed by atoms with Gasteiger partial charge in [0.05, 0.1) is 25.2 Å².